The molecule has 1 fully saturated rings. The van der Waals surface area contributed by atoms with Crippen LogP contribution in [0.5, 0.6) is 0 Å². The Kier molecular flexibility index (Phi) is 5.49. The second-order valence-electron chi connectivity index (χ2n) is 6.67. The quantitative estimate of drug-likeness (QED) is 0.714. The number of aromatic nitrogens is 3. The van der Waals surface area contributed by atoms with Crippen LogP contribution in [-0.2, 0) is 20.8 Å². The van der Waals surface area contributed by atoms with Gasteiger partial charge in [0.2, 0.25) is 0 Å². The van der Waals surface area contributed by atoms with Gasteiger partial charge in [0.25, 0.3) is 0 Å². The number of ether oxygens (including phenoxy) is 2. The molecule has 1 aromatic carbocycles. The monoisotopic (exact) mass is 409 g/mol. The van der Waals surface area contributed by atoms with Gasteiger partial charge in [0.05, 0.1) is 24.5 Å². The lowest BCUT2D eigenvalue weighted by molar-refractivity contribution is -0.114. The Bertz CT molecular complexity index is 922. The Hall–Kier alpha value is -2.92. The lowest BCUT2D eigenvalue weighted by Crippen LogP contribution is -2.35. The molecule has 0 unspecified atom stereocenters. The zero-order chi connectivity index (χ0) is 20.4. The highest BCUT2D eigenvalue weighted by molar-refractivity contribution is 5.91. The molecular weight excluding hydrogens is 391 g/mol. The third-order valence-corrected chi connectivity index (χ3v) is 4.70. The maximum absolute atomic E-state index is 14.9. The lowest BCUT2D eigenvalue weighted by atomic mass is 10.1. The van der Waals surface area contributed by atoms with Gasteiger partial charge in [-0.15, -0.1) is 5.10 Å². The van der Waals surface area contributed by atoms with Gasteiger partial charge in [-0.05, 0) is 6.08 Å². The summed E-state index contributed by atoms with van der Waals surface area (Å²) in [5, 5.41) is 7.56. The summed E-state index contributed by atoms with van der Waals surface area (Å²) in [4.78, 5) is 13.9. The summed E-state index contributed by atoms with van der Waals surface area (Å²) >= 11 is 0. The number of carbonyl (C=O) groups excluding carboxylic acids is 1. The van der Waals surface area contributed by atoms with Crippen molar-refractivity contribution in [2.24, 2.45) is 0 Å². The van der Waals surface area contributed by atoms with Gasteiger partial charge in [0.1, 0.15) is 19.2 Å². The van der Waals surface area contributed by atoms with Crippen LogP contribution in [0.15, 0.2) is 30.7 Å². The minimum Gasteiger partial charge on any atom is -0.348 e. The number of carbonyl (C=O) groups is 1. The number of hydrogen-bond acceptors (Lipinski definition) is 7. The van der Waals surface area contributed by atoms with E-state index in [0.29, 0.717) is 6.54 Å². The Morgan fingerprint density at radius 3 is 2.83 bits per heavy atom. The predicted molar refractivity (Wildman–Crippen MR) is 95.5 cm³/mol. The molecule has 4 rings (SSSR count). The van der Waals surface area contributed by atoms with Crippen LogP contribution in [0.2, 0.25) is 0 Å². The number of halogens is 3. The van der Waals surface area contributed by atoms with Crippen molar-refractivity contribution >= 4 is 17.2 Å². The highest BCUT2D eigenvalue weighted by Gasteiger charge is 2.29. The van der Waals surface area contributed by atoms with E-state index >= 15 is 0 Å². The summed E-state index contributed by atoms with van der Waals surface area (Å²) in [5.74, 6) is -3.61. The lowest BCUT2D eigenvalue weighted by Gasteiger charge is -2.28. The normalized spacial score (nSPS) is 20.2. The second kappa shape index (κ2) is 8.21. The number of rotatable bonds is 4. The number of ketones is 1. The molecule has 1 saturated heterocycles. The molecule has 3 heterocycles. The molecule has 0 amide bonds. The number of allylic oxidation sites excluding steroid dienone is 1. The molecule has 2 aromatic rings. The molecule has 0 saturated carbocycles. The highest BCUT2D eigenvalue weighted by atomic mass is 19.2. The van der Waals surface area contributed by atoms with Crippen LogP contribution in [0.1, 0.15) is 6.42 Å². The van der Waals surface area contributed by atoms with Gasteiger partial charge in [0, 0.05) is 38.0 Å². The third kappa shape index (κ3) is 4.10. The van der Waals surface area contributed by atoms with E-state index in [-0.39, 0.29) is 44.5 Å². The Morgan fingerprint density at radius 1 is 1.24 bits per heavy atom. The molecule has 154 valence electrons. The first kappa shape index (κ1) is 19.4. The van der Waals surface area contributed by atoms with Crippen LogP contribution in [0.3, 0.4) is 0 Å². The van der Waals surface area contributed by atoms with E-state index in [1.807, 2.05) is 0 Å². The minimum absolute atomic E-state index is 0.0485. The first-order chi connectivity index (χ1) is 14.0. The van der Waals surface area contributed by atoms with E-state index < -0.39 is 29.2 Å². The van der Waals surface area contributed by atoms with Crippen molar-refractivity contribution in [2.45, 2.75) is 19.1 Å². The van der Waals surface area contributed by atoms with Crippen molar-refractivity contribution < 1.29 is 27.4 Å². The van der Waals surface area contributed by atoms with Gasteiger partial charge in [-0.2, -0.15) is 0 Å². The summed E-state index contributed by atoms with van der Waals surface area (Å²) in [6.07, 6.45) is 5.26. The first-order valence-corrected chi connectivity index (χ1v) is 8.96. The molecule has 1 aromatic heterocycles. The smallest absolute Gasteiger partial charge is 0.187 e. The van der Waals surface area contributed by atoms with Crippen LogP contribution >= 0.6 is 0 Å². The van der Waals surface area contributed by atoms with Crippen LogP contribution in [0.25, 0.3) is 0 Å². The van der Waals surface area contributed by atoms with Crippen molar-refractivity contribution in [3.8, 4) is 0 Å². The number of nitrogens with zero attached hydrogens (tertiary/aromatic N) is 5. The van der Waals surface area contributed by atoms with Crippen molar-refractivity contribution in [3.05, 3.63) is 48.2 Å². The van der Waals surface area contributed by atoms with E-state index in [2.05, 4.69) is 10.3 Å². The van der Waals surface area contributed by atoms with E-state index in [1.54, 1.807) is 10.9 Å². The largest absolute Gasteiger partial charge is 0.348 e. The number of anilines is 2. The van der Waals surface area contributed by atoms with Crippen molar-refractivity contribution in [2.75, 3.05) is 36.4 Å². The maximum atomic E-state index is 14.9. The summed E-state index contributed by atoms with van der Waals surface area (Å²) in [5.41, 5.74) is -0.795. The molecule has 2 aliphatic rings. The molecule has 0 aliphatic carbocycles. The topological polar surface area (TPSA) is 72.7 Å². The molecule has 0 bridgehead atoms. The molecule has 11 heteroatoms. The minimum atomic E-state index is -1.32. The van der Waals surface area contributed by atoms with Crippen LogP contribution in [0, 0.1) is 17.5 Å². The number of hydrogen-bond donors (Lipinski definition) is 0. The van der Waals surface area contributed by atoms with Crippen molar-refractivity contribution in [1.29, 1.82) is 0 Å². The summed E-state index contributed by atoms with van der Waals surface area (Å²) < 4.78 is 56.8. The molecule has 29 heavy (non-hydrogen) atoms. The summed E-state index contributed by atoms with van der Waals surface area (Å²) in [7, 11) is 0. The van der Waals surface area contributed by atoms with Crippen LogP contribution in [0.4, 0.5) is 24.5 Å². The Balaban J connectivity index is 1.60. The van der Waals surface area contributed by atoms with Crippen molar-refractivity contribution in [3.63, 3.8) is 0 Å². The van der Waals surface area contributed by atoms with E-state index in [9.17, 15) is 18.0 Å². The Morgan fingerprint density at radius 2 is 2.10 bits per heavy atom. The van der Waals surface area contributed by atoms with Gasteiger partial charge < -0.3 is 19.3 Å². The molecule has 0 spiro atoms. The zero-order valence-corrected chi connectivity index (χ0v) is 15.3. The van der Waals surface area contributed by atoms with Crippen LogP contribution in [-0.4, -0.2) is 53.5 Å². The number of benzene rings is 1. The third-order valence-electron chi connectivity index (χ3n) is 4.70. The molecule has 8 nitrogen and oxygen atoms in total. The molecule has 0 N–H and O–H groups in total. The van der Waals surface area contributed by atoms with Gasteiger partial charge in [-0.1, -0.05) is 5.21 Å². The summed E-state index contributed by atoms with van der Waals surface area (Å²) in [6.45, 7) is 0.376. The van der Waals surface area contributed by atoms with Gasteiger partial charge in [-0.3, -0.25) is 4.79 Å². The second-order valence-corrected chi connectivity index (χ2v) is 6.67. The standard InChI is InChI=1S/C18H18F3N5O3/c19-14-7-15(16(20)17(21)18(14)24-4-1-12(27)2-5-24)25-8-13(29-11-28-10-25)9-26-6-3-22-23-26/h1,3-4,6-7,13H,2,5,8-11H2/t13-/m1/s1. The summed E-state index contributed by atoms with van der Waals surface area (Å²) in [6, 6.07) is 0.930. The van der Waals surface area contributed by atoms with Gasteiger partial charge in [-0.25, -0.2) is 17.9 Å². The fourth-order valence-electron chi connectivity index (χ4n) is 3.27. The van der Waals surface area contributed by atoms with E-state index in [0.717, 1.165) is 6.07 Å². The van der Waals surface area contributed by atoms with Gasteiger partial charge in [0.15, 0.2) is 23.2 Å². The highest BCUT2D eigenvalue weighted by Crippen LogP contribution is 2.34. The van der Waals surface area contributed by atoms with Gasteiger partial charge >= 0.3 is 0 Å². The fraction of sp³-hybridized carbons (Fsp3) is 0.389. The molecular formula is C18H18F3N5O3. The maximum Gasteiger partial charge on any atom is 0.187 e. The predicted octanol–water partition coefficient (Wildman–Crippen LogP) is 1.83. The van der Waals surface area contributed by atoms with E-state index in [4.69, 9.17) is 9.47 Å². The van der Waals surface area contributed by atoms with Crippen LogP contribution < -0.4 is 9.80 Å². The van der Waals surface area contributed by atoms with E-state index in [1.165, 1.54) is 28.3 Å². The SMILES string of the molecule is O=C1C=CN(c2c(F)cc(N3COCO[C@@H](Cn4ccnn4)C3)c(F)c2F)CC1. The average molecular weight is 409 g/mol. The Labute approximate surface area is 164 Å². The average Bonchev–Trinajstić information content (AvgIpc) is 3.10. The fourth-order valence-corrected chi connectivity index (χ4v) is 3.27. The first-order valence-electron chi connectivity index (χ1n) is 8.96. The molecule has 0 radical (unpaired) electrons. The zero-order valence-electron chi connectivity index (χ0n) is 15.3. The molecule has 1 atom stereocenters. The molecule has 2 aliphatic heterocycles. The van der Waals surface area contributed by atoms with Crippen molar-refractivity contribution in [1.82, 2.24) is 15.0 Å².